The van der Waals surface area contributed by atoms with E-state index >= 15 is 0 Å². The van der Waals surface area contributed by atoms with E-state index in [0.717, 1.165) is 32.0 Å². The molecule has 0 aliphatic carbocycles. The molecule has 4 heteroatoms. The number of amides is 1. The Hall–Kier alpha value is -1.00. The molecule has 0 radical (unpaired) electrons. The van der Waals surface area contributed by atoms with Crippen LogP contribution in [0.25, 0.3) is 0 Å². The zero-order valence-corrected chi connectivity index (χ0v) is 13.0. The van der Waals surface area contributed by atoms with Crippen LogP contribution < -0.4 is 10.6 Å². The molecule has 1 aromatic rings. The number of piperidine rings is 1. The third kappa shape index (κ3) is 5.17. The van der Waals surface area contributed by atoms with Gasteiger partial charge in [0.25, 0.3) is 0 Å². The summed E-state index contributed by atoms with van der Waals surface area (Å²) >= 11 is 1.62. The molecule has 1 fully saturated rings. The summed E-state index contributed by atoms with van der Waals surface area (Å²) in [4.78, 5) is 13.0. The van der Waals surface area contributed by atoms with Gasteiger partial charge in [-0.05, 0) is 56.8 Å². The van der Waals surface area contributed by atoms with Crippen LogP contribution in [0.4, 0.5) is 0 Å². The lowest BCUT2D eigenvalue weighted by molar-refractivity contribution is -0.118. The predicted octanol–water partition coefficient (Wildman–Crippen LogP) is 2.59. The Kier molecular flexibility index (Phi) is 6.40. The van der Waals surface area contributed by atoms with Gasteiger partial charge in [-0.25, -0.2) is 0 Å². The van der Waals surface area contributed by atoms with Crippen LogP contribution in [0.1, 0.15) is 24.8 Å². The fourth-order valence-corrected chi connectivity index (χ4v) is 3.36. The first kappa shape index (κ1) is 15.4. The standard InChI is InChI=1S/C16H24N2OS/c1-13-5-2-3-7-15(13)20-12-16(19)18-10-8-14-6-4-9-17-11-14/h2-3,5,7,14,17H,4,6,8-12H2,1H3,(H,18,19). The maximum atomic E-state index is 11.8. The monoisotopic (exact) mass is 292 g/mol. The van der Waals surface area contributed by atoms with Gasteiger partial charge in [-0.15, -0.1) is 11.8 Å². The predicted molar refractivity (Wildman–Crippen MR) is 85.1 cm³/mol. The van der Waals surface area contributed by atoms with Crippen molar-refractivity contribution in [1.82, 2.24) is 10.6 Å². The third-order valence-corrected chi connectivity index (χ3v) is 4.90. The number of hydrogen-bond donors (Lipinski definition) is 2. The third-order valence-electron chi connectivity index (χ3n) is 3.73. The van der Waals surface area contributed by atoms with Crippen LogP contribution in [-0.4, -0.2) is 31.3 Å². The quantitative estimate of drug-likeness (QED) is 0.792. The lowest BCUT2D eigenvalue weighted by Crippen LogP contribution is -2.33. The fourth-order valence-electron chi connectivity index (χ4n) is 2.50. The molecule has 1 saturated heterocycles. The number of carbonyl (C=O) groups is 1. The van der Waals surface area contributed by atoms with Crippen LogP contribution in [0.15, 0.2) is 29.2 Å². The smallest absolute Gasteiger partial charge is 0.230 e. The Bertz CT molecular complexity index is 430. The van der Waals surface area contributed by atoms with Gasteiger partial charge in [-0.3, -0.25) is 4.79 Å². The molecule has 1 heterocycles. The van der Waals surface area contributed by atoms with E-state index in [0.29, 0.717) is 5.75 Å². The van der Waals surface area contributed by atoms with Crippen LogP contribution in [-0.2, 0) is 4.79 Å². The summed E-state index contributed by atoms with van der Waals surface area (Å²) in [5.41, 5.74) is 1.23. The fraction of sp³-hybridized carbons (Fsp3) is 0.562. The molecule has 3 nitrogen and oxygen atoms in total. The molecule has 0 bridgehead atoms. The van der Waals surface area contributed by atoms with Gasteiger partial charge in [0.05, 0.1) is 5.75 Å². The average molecular weight is 292 g/mol. The van der Waals surface area contributed by atoms with Crippen molar-refractivity contribution in [1.29, 1.82) is 0 Å². The Morgan fingerprint density at radius 2 is 2.30 bits per heavy atom. The molecule has 1 unspecified atom stereocenters. The minimum atomic E-state index is 0.141. The van der Waals surface area contributed by atoms with Crippen molar-refractivity contribution in [2.45, 2.75) is 31.1 Å². The number of rotatable bonds is 6. The van der Waals surface area contributed by atoms with Crippen molar-refractivity contribution in [2.24, 2.45) is 5.92 Å². The molecule has 1 aliphatic rings. The van der Waals surface area contributed by atoms with Gasteiger partial charge >= 0.3 is 0 Å². The number of carbonyl (C=O) groups excluding carboxylic acids is 1. The molecule has 0 spiro atoms. The van der Waals surface area contributed by atoms with Crippen LogP contribution >= 0.6 is 11.8 Å². The van der Waals surface area contributed by atoms with Crippen molar-refractivity contribution >= 4 is 17.7 Å². The highest BCUT2D eigenvalue weighted by Crippen LogP contribution is 2.21. The summed E-state index contributed by atoms with van der Waals surface area (Å²) in [5.74, 6) is 1.38. The molecule has 1 atom stereocenters. The number of thioether (sulfide) groups is 1. The van der Waals surface area contributed by atoms with E-state index in [1.54, 1.807) is 11.8 Å². The molecule has 0 aromatic heterocycles. The number of nitrogens with one attached hydrogen (secondary N) is 2. The maximum absolute atomic E-state index is 11.8. The zero-order chi connectivity index (χ0) is 14.2. The molecule has 0 saturated carbocycles. The molecule has 2 rings (SSSR count). The second-order valence-corrected chi connectivity index (χ2v) is 6.42. The van der Waals surface area contributed by atoms with Crippen molar-refractivity contribution in [3.05, 3.63) is 29.8 Å². The van der Waals surface area contributed by atoms with E-state index in [1.807, 2.05) is 12.1 Å². The highest BCUT2D eigenvalue weighted by atomic mass is 32.2. The van der Waals surface area contributed by atoms with Crippen LogP contribution in [0.2, 0.25) is 0 Å². The molecule has 2 N–H and O–H groups in total. The minimum Gasteiger partial charge on any atom is -0.355 e. The lowest BCUT2D eigenvalue weighted by atomic mass is 9.96. The van der Waals surface area contributed by atoms with E-state index in [-0.39, 0.29) is 5.91 Å². The second kappa shape index (κ2) is 8.32. The lowest BCUT2D eigenvalue weighted by Gasteiger charge is -2.22. The van der Waals surface area contributed by atoms with Gasteiger partial charge in [-0.2, -0.15) is 0 Å². The van der Waals surface area contributed by atoms with Crippen molar-refractivity contribution in [3.8, 4) is 0 Å². The van der Waals surface area contributed by atoms with Crippen LogP contribution in [0.5, 0.6) is 0 Å². The minimum absolute atomic E-state index is 0.141. The first-order chi connectivity index (χ1) is 9.75. The normalized spacial score (nSPS) is 18.8. The average Bonchev–Trinajstić information content (AvgIpc) is 2.47. The highest BCUT2D eigenvalue weighted by Gasteiger charge is 2.12. The summed E-state index contributed by atoms with van der Waals surface area (Å²) in [7, 11) is 0. The Labute approximate surface area is 125 Å². The van der Waals surface area contributed by atoms with E-state index in [1.165, 1.54) is 23.3 Å². The summed E-state index contributed by atoms with van der Waals surface area (Å²) in [6, 6.07) is 8.19. The molecule has 110 valence electrons. The van der Waals surface area contributed by atoms with Crippen molar-refractivity contribution in [2.75, 3.05) is 25.4 Å². The van der Waals surface area contributed by atoms with Crippen LogP contribution in [0, 0.1) is 12.8 Å². The van der Waals surface area contributed by atoms with Gasteiger partial charge in [0.1, 0.15) is 0 Å². The zero-order valence-electron chi connectivity index (χ0n) is 12.2. The molecule has 1 amide bonds. The van der Waals surface area contributed by atoms with Gasteiger partial charge in [0, 0.05) is 11.4 Å². The molecule has 20 heavy (non-hydrogen) atoms. The summed E-state index contributed by atoms with van der Waals surface area (Å²) in [6.07, 6.45) is 3.65. The Balaban J connectivity index is 1.62. The SMILES string of the molecule is Cc1ccccc1SCC(=O)NCCC1CCCNC1. The maximum Gasteiger partial charge on any atom is 0.230 e. The first-order valence-electron chi connectivity index (χ1n) is 7.41. The van der Waals surface area contributed by atoms with Gasteiger partial charge < -0.3 is 10.6 Å². The van der Waals surface area contributed by atoms with E-state index in [2.05, 4.69) is 29.7 Å². The van der Waals surface area contributed by atoms with Gasteiger partial charge in [-0.1, -0.05) is 18.2 Å². The highest BCUT2D eigenvalue weighted by molar-refractivity contribution is 8.00. The Morgan fingerprint density at radius 1 is 1.45 bits per heavy atom. The van der Waals surface area contributed by atoms with E-state index < -0.39 is 0 Å². The first-order valence-corrected chi connectivity index (χ1v) is 8.40. The molecular formula is C16H24N2OS. The second-order valence-electron chi connectivity index (χ2n) is 5.41. The summed E-state index contributed by atoms with van der Waals surface area (Å²) in [6.45, 7) is 5.14. The summed E-state index contributed by atoms with van der Waals surface area (Å²) < 4.78 is 0. The van der Waals surface area contributed by atoms with Crippen molar-refractivity contribution in [3.63, 3.8) is 0 Å². The molecule has 1 aliphatic heterocycles. The van der Waals surface area contributed by atoms with Gasteiger partial charge in [0.2, 0.25) is 5.91 Å². The largest absolute Gasteiger partial charge is 0.355 e. The van der Waals surface area contributed by atoms with E-state index in [4.69, 9.17) is 0 Å². The molecule has 1 aromatic carbocycles. The van der Waals surface area contributed by atoms with Gasteiger partial charge in [0.15, 0.2) is 0 Å². The topological polar surface area (TPSA) is 41.1 Å². The number of benzene rings is 1. The molecular weight excluding hydrogens is 268 g/mol. The van der Waals surface area contributed by atoms with Crippen molar-refractivity contribution < 1.29 is 4.79 Å². The summed E-state index contributed by atoms with van der Waals surface area (Å²) in [5, 5.41) is 6.44. The van der Waals surface area contributed by atoms with E-state index in [9.17, 15) is 4.79 Å². The number of aryl methyl sites for hydroxylation is 1. The van der Waals surface area contributed by atoms with Crippen LogP contribution in [0.3, 0.4) is 0 Å². The number of hydrogen-bond acceptors (Lipinski definition) is 3. The Morgan fingerprint density at radius 3 is 3.05 bits per heavy atom.